The number of ether oxygens (including phenoxy) is 2. The molecule has 0 radical (unpaired) electrons. The van der Waals surface area contributed by atoms with Crippen LogP contribution in [0.3, 0.4) is 0 Å². The molecule has 1 aliphatic heterocycles. The molecular formula is C26H17Cl2F3N2O5S. The second-order valence-corrected chi connectivity index (χ2v) is 9.78. The number of para-hydroxylation sites is 1. The van der Waals surface area contributed by atoms with Gasteiger partial charge in [-0.15, -0.1) is 0 Å². The summed E-state index contributed by atoms with van der Waals surface area (Å²) in [4.78, 5) is 38.4. The van der Waals surface area contributed by atoms with Gasteiger partial charge in [0.05, 0.1) is 17.7 Å². The Morgan fingerprint density at radius 2 is 1.85 bits per heavy atom. The Kier molecular flexibility index (Phi) is 8.73. The molecule has 3 aromatic rings. The average Bonchev–Trinajstić information content (AvgIpc) is 3.16. The zero-order chi connectivity index (χ0) is 28.3. The number of rotatable bonds is 8. The molecule has 3 amide bonds. The number of carbonyl (C=O) groups is 3. The first-order valence-corrected chi connectivity index (χ1v) is 12.6. The van der Waals surface area contributed by atoms with E-state index in [0.29, 0.717) is 49.6 Å². The highest BCUT2D eigenvalue weighted by molar-refractivity contribution is 8.18. The molecule has 1 N–H and O–H groups in total. The first kappa shape index (κ1) is 28.3. The topological polar surface area (TPSA) is 84.9 Å². The van der Waals surface area contributed by atoms with Gasteiger partial charge < -0.3 is 14.8 Å². The Labute approximate surface area is 234 Å². The Bertz CT molecular complexity index is 1520. The van der Waals surface area contributed by atoms with E-state index in [9.17, 15) is 27.6 Å². The predicted molar refractivity (Wildman–Crippen MR) is 141 cm³/mol. The fraction of sp³-hybridized carbons (Fsp3) is 0.115. The minimum atomic E-state index is -1.77. The number of halogens is 5. The molecule has 0 atom stereocenters. The average molecular weight is 597 g/mol. The molecule has 0 spiro atoms. The number of hydrogen-bond donors (Lipinski definition) is 1. The van der Waals surface area contributed by atoms with Crippen molar-refractivity contribution in [3.63, 3.8) is 0 Å². The number of thioether (sulfide) groups is 1. The minimum absolute atomic E-state index is 0.0190. The van der Waals surface area contributed by atoms with Crippen LogP contribution in [0.2, 0.25) is 10.0 Å². The van der Waals surface area contributed by atoms with Crippen LogP contribution in [0, 0.1) is 17.5 Å². The molecule has 1 aliphatic rings. The summed E-state index contributed by atoms with van der Waals surface area (Å²) in [6.45, 7) is -0.740. The van der Waals surface area contributed by atoms with Gasteiger partial charge >= 0.3 is 0 Å². The number of hydrogen-bond acceptors (Lipinski definition) is 6. The summed E-state index contributed by atoms with van der Waals surface area (Å²) in [6.07, 6.45) is 1.40. The molecule has 202 valence electrons. The highest BCUT2D eigenvalue weighted by Gasteiger charge is 2.36. The van der Waals surface area contributed by atoms with E-state index in [-0.39, 0.29) is 17.3 Å². The molecule has 1 fully saturated rings. The molecule has 0 aromatic heterocycles. The first-order chi connectivity index (χ1) is 18.6. The maximum Gasteiger partial charge on any atom is 0.294 e. The van der Waals surface area contributed by atoms with Crippen molar-refractivity contribution in [3.05, 3.63) is 92.1 Å². The van der Waals surface area contributed by atoms with Gasteiger partial charge in [0, 0.05) is 21.2 Å². The van der Waals surface area contributed by atoms with E-state index in [2.05, 4.69) is 0 Å². The fourth-order valence-corrected chi connectivity index (χ4v) is 4.78. The first-order valence-electron chi connectivity index (χ1n) is 11.0. The quantitative estimate of drug-likeness (QED) is 0.231. The number of anilines is 1. The zero-order valence-electron chi connectivity index (χ0n) is 19.9. The summed E-state index contributed by atoms with van der Waals surface area (Å²) in [5.41, 5.74) is 0.403. The molecule has 1 saturated heterocycles. The molecule has 4 rings (SSSR count). The summed E-state index contributed by atoms with van der Waals surface area (Å²) < 4.78 is 51.8. The summed E-state index contributed by atoms with van der Waals surface area (Å²) in [6, 6.07) is 11.3. The maximum atomic E-state index is 13.9. The number of carbonyl (C=O) groups excluding carboxylic acids is 3. The van der Waals surface area contributed by atoms with Gasteiger partial charge in [-0.2, -0.15) is 0 Å². The molecular weight excluding hydrogens is 580 g/mol. The van der Waals surface area contributed by atoms with Crippen molar-refractivity contribution in [1.29, 1.82) is 0 Å². The SMILES string of the molecule is COc1cccc(/C=C2/SC(=O)N(CC(=O)Nc3ccc(F)c(F)c3F)C2=O)c1OCc1ccc(Cl)cc1Cl. The van der Waals surface area contributed by atoms with Gasteiger partial charge in [0.15, 0.2) is 29.0 Å². The van der Waals surface area contributed by atoms with Crippen molar-refractivity contribution in [3.8, 4) is 11.5 Å². The summed E-state index contributed by atoms with van der Waals surface area (Å²) in [5.74, 6) is -5.97. The van der Waals surface area contributed by atoms with Crippen molar-refractivity contribution in [2.24, 2.45) is 0 Å². The number of nitrogens with one attached hydrogen (secondary N) is 1. The highest BCUT2D eigenvalue weighted by Crippen LogP contribution is 2.38. The molecule has 0 unspecified atom stereocenters. The zero-order valence-corrected chi connectivity index (χ0v) is 22.2. The smallest absolute Gasteiger partial charge is 0.294 e. The van der Waals surface area contributed by atoms with E-state index in [4.69, 9.17) is 32.7 Å². The lowest BCUT2D eigenvalue weighted by Gasteiger charge is -2.15. The molecule has 3 aromatic carbocycles. The van der Waals surface area contributed by atoms with Crippen LogP contribution in [0.15, 0.2) is 53.4 Å². The Hall–Kier alpha value is -3.67. The summed E-state index contributed by atoms with van der Waals surface area (Å²) >= 11 is 12.7. The van der Waals surface area contributed by atoms with E-state index in [1.54, 1.807) is 36.4 Å². The third kappa shape index (κ3) is 6.32. The number of methoxy groups -OCH3 is 1. The van der Waals surface area contributed by atoms with Crippen LogP contribution in [0.25, 0.3) is 6.08 Å². The number of imide groups is 1. The van der Waals surface area contributed by atoms with Gasteiger partial charge in [-0.1, -0.05) is 41.4 Å². The van der Waals surface area contributed by atoms with Crippen molar-refractivity contribution >= 4 is 63.8 Å². The molecule has 13 heteroatoms. The Morgan fingerprint density at radius 3 is 2.56 bits per heavy atom. The fourth-order valence-electron chi connectivity index (χ4n) is 3.48. The highest BCUT2D eigenvalue weighted by atomic mass is 35.5. The number of benzene rings is 3. The van der Waals surface area contributed by atoms with Crippen molar-refractivity contribution in [2.75, 3.05) is 19.0 Å². The van der Waals surface area contributed by atoms with Gasteiger partial charge in [-0.25, -0.2) is 13.2 Å². The van der Waals surface area contributed by atoms with Crippen molar-refractivity contribution in [2.45, 2.75) is 6.61 Å². The van der Waals surface area contributed by atoms with E-state index >= 15 is 0 Å². The monoisotopic (exact) mass is 596 g/mol. The number of amides is 3. The molecule has 1 heterocycles. The summed E-state index contributed by atoms with van der Waals surface area (Å²) in [7, 11) is 1.43. The molecule has 7 nitrogen and oxygen atoms in total. The van der Waals surface area contributed by atoms with Crippen molar-refractivity contribution in [1.82, 2.24) is 4.90 Å². The van der Waals surface area contributed by atoms with Gasteiger partial charge in [0.2, 0.25) is 5.91 Å². The van der Waals surface area contributed by atoms with Gasteiger partial charge in [-0.3, -0.25) is 19.3 Å². The Morgan fingerprint density at radius 1 is 1.08 bits per heavy atom. The third-order valence-electron chi connectivity index (χ3n) is 5.39. The minimum Gasteiger partial charge on any atom is -0.493 e. The molecule has 39 heavy (non-hydrogen) atoms. The molecule has 0 bridgehead atoms. The lowest BCUT2D eigenvalue weighted by Crippen LogP contribution is -2.36. The van der Waals surface area contributed by atoms with Crippen LogP contribution < -0.4 is 14.8 Å². The van der Waals surface area contributed by atoms with E-state index < -0.39 is 46.7 Å². The molecule has 0 saturated carbocycles. The van der Waals surface area contributed by atoms with Crippen LogP contribution in [0.1, 0.15) is 11.1 Å². The van der Waals surface area contributed by atoms with Gasteiger partial charge in [0.25, 0.3) is 11.1 Å². The van der Waals surface area contributed by atoms with Gasteiger partial charge in [-0.05, 0) is 48.2 Å². The maximum absolute atomic E-state index is 13.9. The lowest BCUT2D eigenvalue weighted by atomic mass is 10.1. The van der Waals surface area contributed by atoms with Crippen LogP contribution >= 0.6 is 35.0 Å². The molecule has 0 aliphatic carbocycles. The van der Waals surface area contributed by atoms with Crippen LogP contribution in [-0.4, -0.2) is 35.6 Å². The van der Waals surface area contributed by atoms with Crippen molar-refractivity contribution < 1.29 is 37.0 Å². The van der Waals surface area contributed by atoms with Crippen LogP contribution in [0.5, 0.6) is 11.5 Å². The predicted octanol–water partition coefficient (Wildman–Crippen LogP) is 6.67. The third-order valence-corrected chi connectivity index (χ3v) is 6.88. The standard InChI is InChI=1S/C26H17Cl2F3N2O5S/c1-37-19-4-2-3-13(24(19)38-12-14-5-6-15(27)10-16(14)28)9-20-25(35)33(26(36)39-20)11-21(34)32-18-8-7-17(29)22(30)23(18)31/h2-10H,11-12H2,1H3,(H,32,34)/b20-9+. The van der Waals surface area contributed by atoms with Gasteiger partial charge in [0.1, 0.15) is 13.2 Å². The van der Waals surface area contributed by atoms with Crippen LogP contribution in [0.4, 0.5) is 23.7 Å². The van der Waals surface area contributed by atoms with E-state index in [1.165, 1.54) is 13.2 Å². The number of nitrogens with zero attached hydrogens (tertiary/aromatic N) is 1. The van der Waals surface area contributed by atoms with E-state index in [1.807, 2.05) is 5.32 Å². The van der Waals surface area contributed by atoms with Crippen LogP contribution in [-0.2, 0) is 16.2 Å². The Balaban J connectivity index is 1.52. The largest absolute Gasteiger partial charge is 0.493 e. The summed E-state index contributed by atoms with van der Waals surface area (Å²) in [5, 5.41) is 2.12. The normalized spacial score (nSPS) is 14.2. The second kappa shape index (κ2) is 12.0. The second-order valence-electron chi connectivity index (χ2n) is 7.94. The lowest BCUT2D eigenvalue weighted by molar-refractivity contribution is -0.127. The van der Waals surface area contributed by atoms with E-state index in [0.717, 1.165) is 6.07 Å².